The van der Waals surface area contributed by atoms with Gasteiger partial charge in [-0.15, -0.1) is 0 Å². The highest BCUT2D eigenvalue weighted by molar-refractivity contribution is 5.93. The summed E-state index contributed by atoms with van der Waals surface area (Å²) >= 11 is 0. The topological polar surface area (TPSA) is 108 Å². The van der Waals surface area contributed by atoms with Gasteiger partial charge in [-0.3, -0.25) is 19.2 Å². The van der Waals surface area contributed by atoms with Crippen LogP contribution in [0, 0.1) is 5.92 Å². The Balaban J connectivity index is 1.53. The second-order valence-electron chi connectivity index (χ2n) is 10.2. The minimum atomic E-state index is -1.68. The molecule has 0 bridgehead atoms. The first-order valence-electron chi connectivity index (χ1n) is 12.7. The van der Waals surface area contributed by atoms with E-state index in [9.17, 15) is 23.6 Å². The van der Waals surface area contributed by atoms with Crippen molar-refractivity contribution in [3.05, 3.63) is 29.8 Å². The SMILES string of the molecule is CC(=O)N[C@H]1CN(C(=O)[C@H](F)C(C)C)CC[C@H]2CC[C@@H](C(=O)N[C@@H]3CCOc4ccccc43)N2C1=O. The number of benzene rings is 1. The normalized spacial score (nSPS) is 26.8. The number of para-hydroxylation sites is 1. The fraction of sp³-hybridized carbons (Fsp3) is 0.615. The summed E-state index contributed by atoms with van der Waals surface area (Å²) in [4.78, 5) is 54.7. The summed E-state index contributed by atoms with van der Waals surface area (Å²) in [7, 11) is 0. The molecular formula is C26H35FN4O5. The molecule has 3 heterocycles. The number of ether oxygens (including phenoxy) is 1. The van der Waals surface area contributed by atoms with Gasteiger partial charge in [-0.2, -0.15) is 0 Å². The van der Waals surface area contributed by atoms with Gasteiger partial charge in [0.1, 0.15) is 17.8 Å². The van der Waals surface area contributed by atoms with Gasteiger partial charge < -0.3 is 25.2 Å². The average molecular weight is 503 g/mol. The Morgan fingerprint density at radius 2 is 1.81 bits per heavy atom. The lowest BCUT2D eigenvalue weighted by Gasteiger charge is -2.39. The average Bonchev–Trinajstić information content (AvgIpc) is 3.27. The van der Waals surface area contributed by atoms with E-state index in [1.807, 2.05) is 24.3 Å². The summed E-state index contributed by atoms with van der Waals surface area (Å²) in [5.41, 5.74) is 0.904. The molecule has 5 atom stereocenters. The molecule has 0 saturated carbocycles. The fourth-order valence-corrected chi connectivity index (χ4v) is 5.40. The van der Waals surface area contributed by atoms with E-state index in [0.717, 1.165) is 11.3 Å². The molecule has 4 amide bonds. The molecular weight excluding hydrogens is 467 g/mol. The maximum Gasteiger partial charge on any atom is 0.257 e. The zero-order chi connectivity index (χ0) is 26.0. The minimum Gasteiger partial charge on any atom is -0.493 e. The molecule has 3 aliphatic rings. The smallest absolute Gasteiger partial charge is 0.257 e. The molecule has 2 fully saturated rings. The summed E-state index contributed by atoms with van der Waals surface area (Å²) in [6, 6.07) is 5.34. The van der Waals surface area contributed by atoms with Crippen LogP contribution in [0.15, 0.2) is 24.3 Å². The van der Waals surface area contributed by atoms with E-state index < -0.39 is 41.9 Å². The van der Waals surface area contributed by atoms with Gasteiger partial charge >= 0.3 is 0 Å². The Bertz CT molecular complexity index is 1020. The van der Waals surface area contributed by atoms with Gasteiger partial charge in [-0.05, 0) is 31.2 Å². The molecule has 2 N–H and O–H groups in total. The van der Waals surface area contributed by atoms with Crippen molar-refractivity contribution >= 4 is 23.6 Å². The quantitative estimate of drug-likeness (QED) is 0.638. The Morgan fingerprint density at radius 3 is 2.53 bits per heavy atom. The number of carbonyl (C=O) groups is 4. The lowest BCUT2D eigenvalue weighted by Crippen LogP contribution is -2.61. The van der Waals surface area contributed by atoms with Crippen LogP contribution in [-0.4, -0.2) is 77.4 Å². The number of fused-ring (bicyclic) bond motifs is 2. The number of alkyl halides is 1. The molecule has 1 aromatic rings. The van der Waals surface area contributed by atoms with Gasteiger partial charge in [0, 0.05) is 31.5 Å². The van der Waals surface area contributed by atoms with Crippen LogP contribution >= 0.6 is 0 Å². The van der Waals surface area contributed by atoms with Crippen LogP contribution in [0.5, 0.6) is 5.75 Å². The molecule has 3 aliphatic heterocycles. The van der Waals surface area contributed by atoms with Crippen molar-refractivity contribution in [3.8, 4) is 5.75 Å². The number of rotatable bonds is 5. The maximum absolute atomic E-state index is 14.6. The summed E-state index contributed by atoms with van der Waals surface area (Å²) in [5, 5.41) is 5.73. The van der Waals surface area contributed by atoms with E-state index in [-0.39, 0.29) is 31.1 Å². The monoisotopic (exact) mass is 502 g/mol. The number of nitrogens with zero attached hydrogens (tertiary/aromatic N) is 2. The van der Waals surface area contributed by atoms with Gasteiger partial charge in [0.15, 0.2) is 6.17 Å². The Kier molecular flexibility index (Phi) is 7.80. The number of halogens is 1. The van der Waals surface area contributed by atoms with Crippen molar-refractivity contribution in [3.63, 3.8) is 0 Å². The van der Waals surface area contributed by atoms with Crippen LogP contribution in [0.25, 0.3) is 0 Å². The number of hydrogen-bond donors (Lipinski definition) is 2. The highest BCUT2D eigenvalue weighted by atomic mass is 19.1. The van der Waals surface area contributed by atoms with Gasteiger partial charge in [-0.1, -0.05) is 32.0 Å². The number of nitrogens with one attached hydrogen (secondary N) is 2. The van der Waals surface area contributed by atoms with Crippen molar-refractivity contribution in [2.24, 2.45) is 5.92 Å². The van der Waals surface area contributed by atoms with E-state index in [1.54, 1.807) is 18.7 Å². The van der Waals surface area contributed by atoms with Gasteiger partial charge in [-0.25, -0.2) is 4.39 Å². The summed E-state index contributed by atoms with van der Waals surface area (Å²) in [5.74, 6) is -1.53. The zero-order valence-corrected chi connectivity index (χ0v) is 21.0. The third kappa shape index (κ3) is 5.32. The van der Waals surface area contributed by atoms with E-state index in [1.165, 1.54) is 11.8 Å². The molecule has 9 nitrogen and oxygen atoms in total. The molecule has 0 radical (unpaired) electrons. The minimum absolute atomic E-state index is 0.130. The molecule has 196 valence electrons. The van der Waals surface area contributed by atoms with E-state index >= 15 is 0 Å². The number of carbonyl (C=O) groups excluding carboxylic acids is 4. The Hall–Kier alpha value is -3.17. The first-order chi connectivity index (χ1) is 17.2. The van der Waals surface area contributed by atoms with Gasteiger partial charge in [0.05, 0.1) is 19.2 Å². The molecule has 2 saturated heterocycles. The lowest BCUT2D eigenvalue weighted by atomic mass is 10.00. The summed E-state index contributed by atoms with van der Waals surface area (Å²) in [6.07, 6.45) is 0.452. The highest BCUT2D eigenvalue weighted by Gasteiger charge is 2.46. The van der Waals surface area contributed by atoms with Crippen LogP contribution in [0.4, 0.5) is 4.39 Å². The number of amides is 4. The highest BCUT2D eigenvalue weighted by Crippen LogP contribution is 2.34. The molecule has 0 aliphatic carbocycles. The van der Waals surface area contributed by atoms with Crippen LogP contribution in [0.2, 0.25) is 0 Å². The standard InChI is InChI=1S/C26H35FN4O5/c1-15(2)23(27)26(35)30-12-10-17-8-9-21(31(17)25(34)20(14-30)28-16(3)32)24(33)29-19-11-13-36-22-7-5-4-6-18(19)22/h4-7,15,17,19-21,23H,8-14H2,1-3H3,(H,28,32)(H,29,33)/t17-,19-,20+,21+,23-/m1/s1. The lowest BCUT2D eigenvalue weighted by molar-refractivity contribution is -0.148. The second-order valence-corrected chi connectivity index (χ2v) is 10.2. The third-order valence-corrected chi connectivity index (χ3v) is 7.28. The first-order valence-corrected chi connectivity index (χ1v) is 12.7. The van der Waals surface area contributed by atoms with Crippen LogP contribution < -0.4 is 15.4 Å². The van der Waals surface area contributed by atoms with Crippen LogP contribution in [0.1, 0.15) is 58.1 Å². The molecule has 0 spiro atoms. The molecule has 1 aromatic carbocycles. The van der Waals surface area contributed by atoms with Crippen molar-refractivity contribution in [1.29, 1.82) is 0 Å². The van der Waals surface area contributed by atoms with Crippen molar-refractivity contribution in [2.75, 3.05) is 19.7 Å². The molecule has 4 rings (SSSR count). The fourth-order valence-electron chi connectivity index (χ4n) is 5.40. The predicted octanol–water partition coefficient (Wildman–Crippen LogP) is 1.72. The molecule has 36 heavy (non-hydrogen) atoms. The summed E-state index contributed by atoms with van der Waals surface area (Å²) < 4.78 is 20.2. The van der Waals surface area contributed by atoms with Crippen molar-refractivity contribution < 1.29 is 28.3 Å². The first kappa shape index (κ1) is 25.9. The van der Waals surface area contributed by atoms with Gasteiger partial charge in [0.25, 0.3) is 5.91 Å². The largest absolute Gasteiger partial charge is 0.493 e. The second kappa shape index (κ2) is 10.8. The van der Waals surface area contributed by atoms with E-state index in [0.29, 0.717) is 32.3 Å². The van der Waals surface area contributed by atoms with E-state index in [4.69, 9.17) is 4.74 Å². The number of hydrogen-bond acceptors (Lipinski definition) is 5. The van der Waals surface area contributed by atoms with E-state index in [2.05, 4.69) is 10.6 Å². The zero-order valence-electron chi connectivity index (χ0n) is 21.0. The Morgan fingerprint density at radius 1 is 1.06 bits per heavy atom. The molecule has 0 unspecified atom stereocenters. The van der Waals surface area contributed by atoms with Crippen molar-refractivity contribution in [1.82, 2.24) is 20.4 Å². The van der Waals surface area contributed by atoms with Crippen molar-refractivity contribution in [2.45, 2.75) is 76.8 Å². The third-order valence-electron chi connectivity index (χ3n) is 7.28. The van der Waals surface area contributed by atoms with Gasteiger partial charge in [0.2, 0.25) is 17.7 Å². The molecule has 0 aromatic heterocycles. The summed E-state index contributed by atoms with van der Waals surface area (Å²) in [6.45, 7) is 5.15. The Labute approximate surface area is 210 Å². The molecule has 10 heteroatoms. The maximum atomic E-state index is 14.6. The van der Waals surface area contributed by atoms with Crippen LogP contribution in [0.3, 0.4) is 0 Å². The van der Waals surface area contributed by atoms with Crippen LogP contribution in [-0.2, 0) is 19.2 Å². The predicted molar refractivity (Wildman–Crippen MR) is 130 cm³/mol.